The zero-order chi connectivity index (χ0) is 13.2. The van der Waals surface area contributed by atoms with Crippen LogP contribution in [0.3, 0.4) is 0 Å². The summed E-state index contributed by atoms with van der Waals surface area (Å²) in [6.07, 6.45) is 3.52. The lowest BCUT2D eigenvalue weighted by Gasteiger charge is -2.37. The van der Waals surface area contributed by atoms with Crippen molar-refractivity contribution in [2.24, 2.45) is 5.92 Å². The second-order valence-electron chi connectivity index (χ2n) is 6.06. The van der Waals surface area contributed by atoms with Crippen LogP contribution in [0.2, 0.25) is 0 Å². The lowest BCUT2D eigenvalue weighted by Crippen LogP contribution is -2.43. The van der Waals surface area contributed by atoms with E-state index < -0.39 is 0 Å². The first-order valence-electron chi connectivity index (χ1n) is 7.48. The molecule has 3 rings (SSSR count). The van der Waals surface area contributed by atoms with Gasteiger partial charge in [-0.2, -0.15) is 0 Å². The number of aliphatic hydroxyl groups is 1. The summed E-state index contributed by atoms with van der Waals surface area (Å²) in [6.45, 7) is 4.91. The number of nitrogens with one attached hydrogen (secondary N) is 1. The van der Waals surface area contributed by atoms with Crippen LogP contribution < -0.4 is 10.2 Å². The highest BCUT2D eigenvalue weighted by Crippen LogP contribution is 2.27. The van der Waals surface area contributed by atoms with E-state index >= 15 is 0 Å². The topological polar surface area (TPSA) is 35.5 Å². The molecule has 19 heavy (non-hydrogen) atoms. The highest BCUT2D eigenvalue weighted by molar-refractivity contribution is 5.54. The highest BCUT2D eigenvalue weighted by Gasteiger charge is 2.26. The number of anilines is 1. The van der Waals surface area contributed by atoms with E-state index in [0.717, 1.165) is 32.1 Å². The predicted octanol–water partition coefficient (Wildman–Crippen LogP) is 2.15. The third kappa shape index (κ3) is 3.10. The van der Waals surface area contributed by atoms with Gasteiger partial charge in [-0.25, -0.2) is 0 Å². The number of rotatable bonds is 4. The number of para-hydroxylation sites is 1. The second kappa shape index (κ2) is 5.51. The van der Waals surface area contributed by atoms with Crippen LogP contribution in [-0.4, -0.2) is 30.3 Å². The Balaban J connectivity index is 1.71. The van der Waals surface area contributed by atoms with Crippen molar-refractivity contribution >= 4 is 5.69 Å². The van der Waals surface area contributed by atoms with Crippen molar-refractivity contribution in [1.82, 2.24) is 5.32 Å². The Labute approximate surface area is 115 Å². The summed E-state index contributed by atoms with van der Waals surface area (Å²) in [4.78, 5) is 2.34. The third-order valence-electron chi connectivity index (χ3n) is 4.41. The molecule has 3 heteroatoms. The molecule has 0 radical (unpaired) electrons. The van der Waals surface area contributed by atoms with Crippen molar-refractivity contribution in [1.29, 1.82) is 0 Å². The molecule has 0 bridgehead atoms. The molecular weight excluding hydrogens is 236 g/mol. The molecule has 1 aromatic rings. The highest BCUT2D eigenvalue weighted by atomic mass is 16.3. The molecule has 0 spiro atoms. The molecule has 1 saturated carbocycles. The Bertz CT molecular complexity index is 431. The average molecular weight is 260 g/mol. The summed E-state index contributed by atoms with van der Waals surface area (Å²) in [6, 6.07) is 9.33. The van der Waals surface area contributed by atoms with Crippen LogP contribution in [0.25, 0.3) is 0 Å². The van der Waals surface area contributed by atoms with Gasteiger partial charge in [-0.15, -0.1) is 0 Å². The fourth-order valence-corrected chi connectivity index (χ4v) is 2.78. The van der Waals surface area contributed by atoms with E-state index in [4.69, 9.17) is 0 Å². The van der Waals surface area contributed by atoms with Gasteiger partial charge >= 0.3 is 0 Å². The van der Waals surface area contributed by atoms with Crippen molar-refractivity contribution < 1.29 is 5.11 Å². The summed E-state index contributed by atoms with van der Waals surface area (Å²) < 4.78 is 0. The lowest BCUT2D eigenvalue weighted by molar-refractivity contribution is 0.103. The summed E-state index contributed by atoms with van der Waals surface area (Å²) in [5.74, 6) is 0.424. The number of nitrogens with zero attached hydrogens (tertiary/aromatic N) is 1. The minimum absolute atomic E-state index is 0.196. The Hall–Kier alpha value is -1.06. The van der Waals surface area contributed by atoms with E-state index in [1.54, 1.807) is 0 Å². The molecule has 2 N–H and O–H groups in total. The maximum Gasteiger partial charge on any atom is 0.0741 e. The fourth-order valence-electron chi connectivity index (χ4n) is 2.78. The van der Waals surface area contributed by atoms with Crippen molar-refractivity contribution in [2.75, 3.05) is 18.0 Å². The summed E-state index contributed by atoms with van der Waals surface area (Å²) in [5.41, 5.74) is 2.65. The molecule has 1 aliphatic carbocycles. The Morgan fingerprint density at radius 3 is 2.79 bits per heavy atom. The van der Waals surface area contributed by atoms with Gasteiger partial charge < -0.3 is 15.3 Å². The first-order chi connectivity index (χ1) is 9.24. The van der Waals surface area contributed by atoms with E-state index in [1.165, 1.54) is 24.1 Å². The van der Waals surface area contributed by atoms with Crippen LogP contribution in [0.4, 0.5) is 5.69 Å². The molecule has 2 fully saturated rings. The number of hydrogen-bond donors (Lipinski definition) is 2. The lowest BCUT2D eigenvalue weighted by atomic mass is 9.95. The largest absolute Gasteiger partial charge is 0.391 e. The van der Waals surface area contributed by atoms with Crippen LogP contribution in [0.15, 0.2) is 24.3 Å². The van der Waals surface area contributed by atoms with E-state index in [0.29, 0.717) is 5.92 Å². The zero-order valence-electron chi connectivity index (χ0n) is 11.7. The smallest absolute Gasteiger partial charge is 0.0741 e. The minimum Gasteiger partial charge on any atom is -0.391 e. The summed E-state index contributed by atoms with van der Waals surface area (Å²) >= 11 is 0. The van der Waals surface area contributed by atoms with Crippen LogP contribution in [0.5, 0.6) is 0 Å². The van der Waals surface area contributed by atoms with E-state index in [-0.39, 0.29) is 6.10 Å². The number of piperidine rings is 1. The van der Waals surface area contributed by atoms with Gasteiger partial charge in [0.15, 0.2) is 0 Å². The molecule has 1 heterocycles. The van der Waals surface area contributed by atoms with E-state index in [1.807, 2.05) is 0 Å². The quantitative estimate of drug-likeness (QED) is 0.870. The van der Waals surface area contributed by atoms with Crippen molar-refractivity contribution in [3.63, 3.8) is 0 Å². The summed E-state index contributed by atoms with van der Waals surface area (Å²) in [7, 11) is 0. The standard InChI is InChI=1S/C16H24N2O/c1-12-8-9-18(11-16(12)19)15-5-3-2-4-13(15)10-17-14-6-7-14/h2-5,12,14,16-17,19H,6-11H2,1H3. The van der Waals surface area contributed by atoms with Gasteiger partial charge in [0.25, 0.3) is 0 Å². The van der Waals surface area contributed by atoms with E-state index in [9.17, 15) is 5.11 Å². The fraction of sp³-hybridized carbons (Fsp3) is 0.625. The Kier molecular flexibility index (Phi) is 3.76. The molecule has 0 aromatic heterocycles. The maximum absolute atomic E-state index is 10.1. The summed E-state index contributed by atoms with van der Waals surface area (Å²) in [5, 5.41) is 13.7. The van der Waals surface area contributed by atoms with Gasteiger partial charge in [-0.1, -0.05) is 25.1 Å². The van der Waals surface area contributed by atoms with Gasteiger partial charge in [0.05, 0.1) is 6.10 Å². The molecule has 1 saturated heterocycles. The molecule has 2 aliphatic rings. The van der Waals surface area contributed by atoms with Gasteiger partial charge in [0.1, 0.15) is 0 Å². The van der Waals surface area contributed by atoms with Crippen LogP contribution in [0.1, 0.15) is 31.7 Å². The molecule has 0 amide bonds. The minimum atomic E-state index is -0.196. The van der Waals surface area contributed by atoms with Gasteiger partial charge in [0.2, 0.25) is 0 Å². The number of benzene rings is 1. The second-order valence-corrected chi connectivity index (χ2v) is 6.06. The van der Waals surface area contributed by atoms with Crippen molar-refractivity contribution in [3.8, 4) is 0 Å². The monoisotopic (exact) mass is 260 g/mol. The Morgan fingerprint density at radius 2 is 2.05 bits per heavy atom. The van der Waals surface area contributed by atoms with E-state index in [2.05, 4.69) is 41.4 Å². The maximum atomic E-state index is 10.1. The van der Waals surface area contributed by atoms with Crippen LogP contribution in [0, 0.1) is 5.92 Å². The predicted molar refractivity (Wildman–Crippen MR) is 78.3 cm³/mol. The molecule has 1 aliphatic heterocycles. The van der Waals surface area contributed by atoms with Crippen molar-refractivity contribution in [3.05, 3.63) is 29.8 Å². The Morgan fingerprint density at radius 1 is 1.26 bits per heavy atom. The molecule has 104 valence electrons. The average Bonchev–Trinajstić information content (AvgIpc) is 3.24. The SMILES string of the molecule is CC1CCN(c2ccccc2CNC2CC2)CC1O. The normalized spacial score (nSPS) is 27.6. The van der Waals surface area contributed by atoms with Gasteiger partial charge in [-0.05, 0) is 36.8 Å². The zero-order valence-corrected chi connectivity index (χ0v) is 11.7. The molecule has 2 unspecified atom stereocenters. The van der Waals surface area contributed by atoms with Gasteiger partial charge in [0, 0.05) is 31.4 Å². The molecule has 1 aromatic carbocycles. The first-order valence-corrected chi connectivity index (χ1v) is 7.48. The van der Waals surface area contributed by atoms with Gasteiger partial charge in [-0.3, -0.25) is 0 Å². The number of β-amino-alcohol motifs (C(OH)–C–C–N with tert-alkyl or cyclic N) is 1. The number of hydrogen-bond acceptors (Lipinski definition) is 3. The molecular formula is C16H24N2O. The van der Waals surface area contributed by atoms with Crippen LogP contribution in [-0.2, 0) is 6.54 Å². The number of aliphatic hydroxyl groups excluding tert-OH is 1. The van der Waals surface area contributed by atoms with Crippen LogP contribution >= 0.6 is 0 Å². The molecule has 3 nitrogen and oxygen atoms in total. The third-order valence-corrected chi connectivity index (χ3v) is 4.41. The van der Waals surface area contributed by atoms with Crippen molar-refractivity contribution in [2.45, 2.75) is 44.9 Å². The first kappa shape index (κ1) is 12.9. The molecule has 2 atom stereocenters.